The van der Waals surface area contributed by atoms with E-state index in [-0.39, 0.29) is 24.3 Å². The lowest BCUT2D eigenvalue weighted by molar-refractivity contribution is -0.385. The van der Waals surface area contributed by atoms with Gasteiger partial charge >= 0.3 is 18.4 Å². The number of aliphatic hydroxyl groups is 1. The Kier molecular flexibility index (Phi) is 8.21. The second kappa shape index (κ2) is 10.4. The van der Waals surface area contributed by atoms with Crippen LogP contribution in [-0.2, 0) is 25.6 Å². The molecule has 0 saturated carbocycles. The first kappa shape index (κ1) is 21.4. The number of aliphatic hydroxyl groups excluding tert-OH is 1. The minimum atomic E-state index is -2.19. The third-order valence-electron chi connectivity index (χ3n) is 2.94. The molecule has 11 heteroatoms. The number of hydrogen-bond acceptors (Lipinski definition) is 9. The maximum atomic E-state index is 11.8. The molecule has 0 bridgehead atoms. The molecule has 0 aliphatic rings. The fourth-order valence-electron chi connectivity index (χ4n) is 1.75. The van der Waals surface area contributed by atoms with Gasteiger partial charge in [-0.3, -0.25) is 14.9 Å². The first-order chi connectivity index (χ1) is 12.8. The normalized spacial score (nSPS) is 10.9. The minimum Gasteiger partial charge on any atom is -0.461 e. The number of rotatable bonds is 8. The zero-order valence-corrected chi connectivity index (χ0v) is 14.2. The van der Waals surface area contributed by atoms with E-state index in [4.69, 9.17) is 6.42 Å². The van der Waals surface area contributed by atoms with Gasteiger partial charge in [0.05, 0.1) is 23.6 Å². The standard InChI is InChI=1S/C16H16N2O9/c1-3-7-17-13(19)10-5-6-11(12(8-10)18(23)24)9-26-16(22)27-15(21)14(20)25-4-2/h1,5-6,8,15,21H,4,7,9H2,2H3,(H,17,19). The average molecular weight is 380 g/mol. The number of nitrogens with one attached hydrogen (secondary N) is 1. The molecule has 1 aromatic carbocycles. The number of esters is 1. The zero-order chi connectivity index (χ0) is 20.4. The molecule has 0 aliphatic heterocycles. The molecule has 1 atom stereocenters. The smallest absolute Gasteiger partial charge is 0.461 e. The highest BCUT2D eigenvalue weighted by atomic mass is 16.8. The van der Waals surface area contributed by atoms with Crippen LogP contribution in [0.3, 0.4) is 0 Å². The molecule has 11 nitrogen and oxygen atoms in total. The van der Waals surface area contributed by atoms with Gasteiger partial charge in [-0.25, -0.2) is 9.59 Å². The number of nitrogens with zero attached hydrogens (tertiary/aromatic N) is 1. The maximum Gasteiger partial charge on any atom is 0.511 e. The number of nitro groups is 1. The molecule has 0 radical (unpaired) electrons. The van der Waals surface area contributed by atoms with E-state index < -0.39 is 41.5 Å². The van der Waals surface area contributed by atoms with Crippen LogP contribution < -0.4 is 5.32 Å². The summed E-state index contributed by atoms with van der Waals surface area (Å²) >= 11 is 0. The molecule has 2 N–H and O–H groups in total. The summed E-state index contributed by atoms with van der Waals surface area (Å²) in [6.45, 7) is 0.795. The van der Waals surface area contributed by atoms with Crippen LogP contribution in [0, 0.1) is 22.5 Å². The van der Waals surface area contributed by atoms with E-state index in [9.17, 15) is 29.6 Å². The molecule has 0 spiro atoms. The number of hydrogen-bond donors (Lipinski definition) is 2. The van der Waals surface area contributed by atoms with Crippen LogP contribution in [0.4, 0.5) is 10.5 Å². The molecule has 0 saturated heterocycles. The van der Waals surface area contributed by atoms with Gasteiger partial charge in [0.1, 0.15) is 6.61 Å². The molecule has 144 valence electrons. The Morgan fingerprint density at radius 2 is 2.07 bits per heavy atom. The second-order valence-corrected chi connectivity index (χ2v) is 4.75. The Morgan fingerprint density at radius 3 is 2.67 bits per heavy atom. The van der Waals surface area contributed by atoms with Crippen LogP contribution in [0.15, 0.2) is 18.2 Å². The third-order valence-corrected chi connectivity index (χ3v) is 2.94. The Labute approximate surface area is 153 Å². The molecule has 0 aliphatic carbocycles. The van der Waals surface area contributed by atoms with Crippen molar-refractivity contribution in [3.05, 3.63) is 39.4 Å². The molecular weight excluding hydrogens is 364 g/mol. The molecule has 0 fully saturated rings. The van der Waals surface area contributed by atoms with Crippen LogP contribution >= 0.6 is 0 Å². The Balaban J connectivity index is 2.78. The summed E-state index contributed by atoms with van der Waals surface area (Å²) in [5.74, 6) is 0.388. The van der Waals surface area contributed by atoms with E-state index in [1.54, 1.807) is 0 Å². The highest BCUT2D eigenvalue weighted by Gasteiger charge is 2.23. The van der Waals surface area contributed by atoms with Gasteiger partial charge in [0, 0.05) is 11.6 Å². The number of terminal acetylenes is 1. The second-order valence-electron chi connectivity index (χ2n) is 4.75. The quantitative estimate of drug-likeness (QED) is 0.215. The van der Waals surface area contributed by atoms with Crippen LogP contribution in [0.2, 0.25) is 0 Å². The molecule has 1 aromatic rings. The SMILES string of the molecule is C#CCNC(=O)c1ccc(COC(=O)OC(O)C(=O)OCC)c([N+](=O)[O-])c1. The summed E-state index contributed by atoms with van der Waals surface area (Å²) in [5, 5.41) is 22.8. The monoisotopic (exact) mass is 380 g/mol. The summed E-state index contributed by atoms with van der Waals surface area (Å²) in [6, 6.07) is 3.47. The molecule has 0 aromatic heterocycles. The molecule has 0 heterocycles. The van der Waals surface area contributed by atoms with E-state index in [0.717, 1.165) is 6.07 Å². The molecular formula is C16H16N2O9. The summed E-state index contributed by atoms with van der Waals surface area (Å²) in [4.78, 5) is 44.8. The van der Waals surface area contributed by atoms with Gasteiger partial charge in [-0.15, -0.1) is 6.42 Å². The first-order valence-electron chi connectivity index (χ1n) is 7.47. The lowest BCUT2D eigenvalue weighted by atomic mass is 10.1. The summed E-state index contributed by atoms with van der Waals surface area (Å²) < 4.78 is 13.3. The van der Waals surface area contributed by atoms with Crippen LogP contribution in [0.5, 0.6) is 0 Å². The van der Waals surface area contributed by atoms with Crippen molar-refractivity contribution in [2.45, 2.75) is 19.8 Å². The van der Waals surface area contributed by atoms with Crippen LogP contribution in [0.1, 0.15) is 22.8 Å². The van der Waals surface area contributed by atoms with Crippen molar-refractivity contribution in [2.24, 2.45) is 0 Å². The molecule has 1 unspecified atom stereocenters. The van der Waals surface area contributed by atoms with Gasteiger partial charge in [0.15, 0.2) is 0 Å². The Bertz CT molecular complexity index is 770. The lowest BCUT2D eigenvalue weighted by Gasteiger charge is -2.11. The summed E-state index contributed by atoms with van der Waals surface area (Å²) in [5.41, 5.74) is -0.542. The number of carbonyl (C=O) groups is 3. The van der Waals surface area contributed by atoms with Crippen molar-refractivity contribution >= 4 is 23.7 Å². The fraction of sp³-hybridized carbons (Fsp3) is 0.312. The molecule has 27 heavy (non-hydrogen) atoms. The van der Waals surface area contributed by atoms with Crippen molar-refractivity contribution in [1.82, 2.24) is 5.32 Å². The highest BCUT2D eigenvalue weighted by molar-refractivity contribution is 5.95. The van der Waals surface area contributed by atoms with E-state index in [1.807, 2.05) is 0 Å². The van der Waals surface area contributed by atoms with Gasteiger partial charge in [0.25, 0.3) is 11.6 Å². The average Bonchev–Trinajstić information content (AvgIpc) is 2.64. The fourth-order valence-corrected chi connectivity index (χ4v) is 1.75. The van der Waals surface area contributed by atoms with E-state index in [2.05, 4.69) is 25.4 Å². The Morgan fingerprint density at radius 1 is 1.37 bits per heavy atom. The predicted molar refractivity (Wildman–Crippen MR) is 88.2 cm³/mol. The topological polar surface area (TPSA) is 154 Å². The number of ether oxygens (including phenoxy) is 3. The maximum absolute atomic E-state index is 11.8. The highest BCUT2D eigenvalue weighted by Crippen LogP contribution is 2.21. The third kappa shape index (κ3) is 6.63. The zero-order valence-electron chi connectivity index (χ0n) is 14.2. The van der Waals surface area contributed by atoms with E-state index in [1.165, 1.54) is 19.1 Å². The van der Waals surface area contributed by atoms with E-state index >= 15 is 0 Å². The molecule has 1 rings (SSSR count). The number of amides is 1. The van der Waals surface area contributed by atoms with E-state index in [0.29, 0.717) is 0 Å². The Hall–Kier alpha value is -3.65. The van der Waals surface area contributed by atoms with Crippen molar-refractivity contribution < 1.29 is 38.6 Å². The van der Waals surface area contributed by atoms with Crippen LogP contribution in [-0.4, -0.2) is 47.5 Å². The van der Waals surface area contributed by atoms with Gasteiger partial charge in [-0.1, -0.05) is 5.92 Å². The largest absolute Gasteiger partial charge is 0.511 e. The predicted octanol–water partition coefficient (Wildman–Crippen LogP) is 0.492. The van der Waals surface area contributed by atoms with Gasteiger partial charge in [0.2, 0.25) is 0 Å². The van der Waals surface area contributed by atoms with Crippen molar-refractivity contribution in [1.29, 1.82) is 0 Å². The molecule has 1 amide bonds. The number of carbonyl (C=O) groups excluding carboxylic acids is 3. The number of benzene rings is 1. The number of nitro benzene ring substituents is 1. The van der Waals surface area contributed by atoms with Gasteiger partial charge in [-0.2, -0.15) is 0 Å². The van der Waals surface area contributed by atoms with Crippen molar-refractivity contribution in [3.8, 4) is 12.3 Å². The lowest BCUT2D eigenvalue weighted by Crippen LogP contribution is -2.29. The van der Waals surface area contributed by atoms with Crippen molar-refractivity contribution in [2.75, 3.05) is 13.2 Å². The van der Waals surface area contributed by atoms with Gasteiger partial charge < -0.3 is 24.6 Å². The summed E-state index contributed by atoms with van der Waals surface area (Å²) in [6.07, 6.45) is 1.39. The summed E-state index contributed by atoms with van der Waals surface area (Å²) in [7, 11) is 0. The van der Waals surface area contributed by atoms with Crippen LogP contribution in [0.25, 0.3) is 0 Å². The van der Waals surface area contributed by atoms with Gasteiger partial charge in [-0.05, 0) is 19.1 Å². The first-order valence-corrected chi connectivity index (χ1v) is 7.47. The minimum absolute atomic E-state index is 0.0130. The van der Waals surface area contributed by atoms with Crippen molar-refractivity contribution in [3.63, 3.8) is 0 Å².